The van der Waals surface area contributed by atoms with Gasteiger partial charge in [-0.15, -0.1) is 0 Å². The highest BCUT2D eigenvalue weighted by atomic mass is 16.4. The molecule has 0 aromatic heterocycles. The summed E-state index contributed by atoms with van der Waals surface area (Å²) in [6.07, 6.45) is 3.32. The summed E-state index contributed by atoms with van der Waals surface area (Å²) in [5.41, 5.74) is -1.03. The van der Waals surface area contributed by atoms with Crippen molar-refractivity contribution in [1.82, 2.24) is 14.7 Å². The van der Waals surface area contributed by atoms with Crippen molar-refractivity contribution >= 4 is 12.0 Å². The number of rotatable bonds is 3. The maximum atomic E-state index is 12.6. The lowest BCUT2D eigenvalue weighted by Gasteiger charge is -2.39. The maximum absolute atomic E-state index is 12.6. The van der Waals surface area contributed by atoms with Crippen LogP contribution in [0.25, 0.3) is 0 Å². The molecule has 2 fully saturated rings. The van der Waals surface area contributed by atoms with E-state index in [1.165, 1.54) is 0 Å². The van der Waals surface area contributed by atoms with Crippen LogP contribution in [0.5, 0.6) is 0 Å². The number of carbonyl (C=O) groups excluding carboxylic acids is 1. The Kier molecular flexibility index (Phi) is 4.76. The summed E-state index contributed by atoms with van der Waals surface area (Å²) in [6, 6.07) is -0.0966. The van der Waals surface area contributed by atoms with Crippen molar-refractivity contribution in [3.05, 3.63) is 0 Å². The molecule has 6 heteroatoms. The number of aliphatic carboxylic acids is 1. The average molecular weight is 297 g/mol. The van der Waals surface area contributed by atoms with E-state index in [1.807, 2.05) is 4.90 Å². The minimum Gasteiger partial charge on any atom is -0.480 e. The van der Waals surface area contributed by atoms with Crippen LogP contribution in [0.4, 0.5) is 4.79 Å². The molecule has 1 unspecified atom stereocenters. The van der Waals surface area contributed by atoms with Gasteiger partial charge in [0.1, 0.15) is 5.54 Å². The fraction of sp³-hybridized carbons (Fsp3) is 0.867. The van der Waals surface area contributed by atoms with Crippen molar-refractivity contribution < 1.29 is 14.7 Å². The third-order valence-corrected chi connectivity index (χ3v) is 4.84. The van der Waals surface area contributed by atoms with E-state index in [0.717, 1.165) is 38.9 Å². The molecule has 2 amide bonds. The Morgan fingerprint density at radius 3 is 2.38 bits per heavy atom. The molecule has 2 aliphatic heterocycles. The number of carboxylic acids is 1. The van der Waals surface area contributed by atoms with Crippen LogP contribution in [-0.2, 0) is 4.79 Å². The van der Waals surface area contributed by atoms with Crippen LogP contribution in [0.15, 0.2) is 0 Å². The zero-order valence-corrected chi connectivity index (χ0v) is 13.3. The highest BCUT2D eigenvalue weighted by Gasteiger charge is 2.47. The summed E-state index contributed by atoms with van der Waals surface area (Å²) in [5, 5.41) is 9.41. The van der Waals surface area contributed by atoms with Crippen LogP contribution in [0, 0.1) is 5.92 Å². The predicted octanol–water partition coefficient (Wildman–Crippen LogP) is 1.32. The normalized spacial score (nSPS) is 27.4. The Bertz CT molecular complexity index is 405. The number of urea groups is 1. The second-order valence-corrected chi connectivity index (χ2v) is 6.81. The first-order valence-corrected chi connectivity index (χ1v) is 7.79. The van der Waals surface area contributed by atoms with Gasteiger partial charge in [0.2, 0.25) is 0 Å². The minimum atomic E-state index is -1.03. The van der Waals surface area contributed by atoms with E-state index in [2.05, 4.69) is 19.0 Å². The number of hydrogen-bond acceptors (Lipinski definition) is 3. The summed E-state index contributed by atoms with van der Waals surface area (Å²) >= 11 is 0. The SMILES string of the molecule is CN(C)CC1CCN(C(=O)N2CCCC2(C)C(=O)O)CC1. The van der Waals surface area contributed by atoms with E-state index < -0.39 is 11.5 Å². The van der Waals surface area contributed by atoms with Crippen molar-refractivity contribution in [2.45, 2.75) is 38.1 Å². The molecule has 21 heavy (non-hydrogen) atoms. The Morgan fingerprint density at radius 2 is 1.86 bits per heavy atom. The molecule has 2 rings (SSSR count). The zero-order valence-electron chi connectivity index (χ0n) is 13.3. The Morgan fingerprint density at radius 1 is 1.24 bits per heavy atom. The number of carboxylic acid groups (broad SMARTS) is 1. The first-order valence-electron chi connectivity index (χ1n) is 7.79. The Labute approximate surface area is 126 Å². The van der Waals surface area contributed by atoms with E-state index in [-0.39, 0.29) is 6.03 Å². The molecule has 0 saturated carbocycles. The number of piperidine rings is 1. The maximum Gasteiger partial charge on any atom is 0.329 e. The number of nitrogens with zero attached hydrogens (tertiary/aromatic N) is 3. The van der Waals surface area contributed by atoms with Gasteiger partial charge in [0.25, 0.3) is 0 Å². The molecule has 120 valence electrons. The van der Waals surface area contributed by atoms with E-state index in [9.17, 15) is 14.7 Å². The summed E-state index contributed by atoms with van der Waals surface area (Å²) in [5.74, 6) is -0.260. The zero-order chi connectivity index (χ0) is 15.6. The van der Waals surface area contributed by atoms with E-state index >= 15 is 0 Å². The first-order chi connectivity index (χ1) is 9.84. The average Bonchev–Trinajstić information content (AvgIpc) is 2.81. The lowest BCUT2D eigenvalue weighted by molar-refractivity contribution is -0.147. The van der Waals surface area contributed by atoms with Crippen molar-refractivity contribution in [2.24, 2.45) is 5.92 Å². The molecular weight excluding hydrogens is 270 g/mol. The first kappa shape index (κ1) is 16.1. The molecule has 1 N–H and O–H groups in total. The van der Waals surface area contributed by atoms with Gasteiger partial charge in [-0.1, -0.05) is 0 Å². The summed E-state index contributed by atoms with van der Waals surface area (Å²) < 4.78 is 0. The molecule has 0 aromatic rings. The highest BCUT2D eigenvalue weighted by molar-refractivity contribution is 5.86. The molecule has 0 bridgehead atoms. The quantitative estimate of drug-likeness (QED) is 0.853. The number of amides is 2. The van der Waals surface area contributed by atoms with E-state index in [0.29, 0.717) is 18.9 Å². The lowest BCUT2D eigenvalue weighted by Crippen LogP contribution is -2.56. The molecule has 0 radical (unpaired) electrons. The van der Waals surface area contributed by atoms with Crippen LogP contribution in [-0.4, -0.2) is 77.6 Å². The summed E-state index contributed by atoms with van der Waals surface area (Å²) in [6.45, 7) is 4.75. The van der Waals surface area contributed by atoms with Crippen LogP contribution in [0.2, 0.25) is 0 Å². The summed E-state index contributed by atoms with van der Waals surface area (Å²) in [7, 11) is 4.14. The lowest BCUT2D eigenvalue weighted by atomic mass is 9.96. The fourth-order valence-corrected chi connectivity index (χ4v) is 3.49. The van der Waals surface area contributed by atoms with Crippen molar-refractivity contribution in [3.8, 4) is 0 Å². The van der Waals surface area contributed by atoms with Crippen LogP contribution in [0.3, 0.4) is 0 Å². The van der Waals surface area contributed by atoms with Crippen molar-refractivity contribution in [1.29, 1.82) is 0 Å². The Balaban J connectivity index is 1.94. The largest absolute Gasteiger partial charge is 0.480 e. The van der Waals surface area contributed by atoms with Crippen LogP contribution in [0.1, 0.15) is 32.6 Å². The highest BCUT2D eigenvalue weighted by Crippen LogP contribution is 2.31. The number of likely N-dealkylation sites (tertiary alicyclic amines) is 2. The number of carbonyl (C=O) groups is 2. The van der Waals surface area contributed by atoms with Gasteiger partial charge >= 0.3 is 12.0 Å². The molecule has 0 aromatic carbocycles. The molecule has 0 spiro atoms. The summed E-state index contributed by atoms with van der Waals surface area (Å²) in [4.78, 5) is 29.7. The molecule has 2 aliphatic rings. The molecule has 2 heterocycles. The second kappa shape index (κ2) is 6.22. The molecule has 1 atom stereocenters. The standard InChI is InChI=1S/C15H27N3O3/c1-15(13(19)20)7-4-8-18(15)14(21)17-9-5-12(6-10-17)11-16(2)3/h12H,4-11H2,1-3H3,(H,19,20). The fourth-order valence-electron chi connectivity index (χ4n) is 3.49. The molecule has 2 saturated heterocycles. The van der Waals surface area contributed by atoms with Gasteiger partial charge in [0.15, 0.2) is 0 Å². The topological polar surface area (TPSA) is 64.1 Å². The molecule has 6 nitrogen and oxygen atoms in total. The van der Waals surface area contributed by atoms with Gasteiger partial charge in [0.05, 0.1) is 0 Å². The van der Waals surface area contributed by atoms with Gasteiger partial charge < -0.3 is 19.8 Å². The number of hydrogen-bond donors (Lipinski definition) is 1. The van der Waals surface area contributed by atoms with E-state index in [1.54, 1.807) is 11.8 Å². The molecule has 0 aliphatic carbocycles. The van der Waals surface area contributed by atoms with Crippen molar-refractivity contribution in [3.63, 3.8) is 0 Å². The van der Waals surface area contributed by atoms with Gasteiger partial charge in [-0.3, -0.25) is 0 Å². The molecular formula is C15H27N3O3. The second-order valence-electron chi connectivity index (χ2n) is 6.81. The van der Waals surface area contributed by atoms with Crippen LogP contribution < -0.4 is 0 Å². The van der Waals surface area contributed by atoms with E-state index in [4.69, 9.17) is 0 Å². The smallest absolute Gasteiger partial charge is 0.329 e. The Hall–Kier alpha value is -1.30. The third kappa shape index (κ3) is 3.31. The van der Waals surface area contributed by atoms with Gasteiger partial charge in [-0.05, 0) is 52.6 Å². The van der Waals surface area contributed by atoms with Gasteiger partial charge in [0, 0.05) is 26.2 Å². The van der Waals surface area contributed by atoms with Crippen LogP contribution >= 0.6 is 0 Å². The predicted molar refractivity (Wildman–Crippen MR) is 80.2 cm³/mol. The minimum absolute atomic E-state index is 0.0966. The third-order valence-electron chi connectivity index (χ3n) is 4.84. The van der Waals surface area contributed by atoms with Gasteiger partial charge in [-0.25, -0.2) is 9.59 Å². The van der Waals surface area contributed by atoms with Gasteiger partial charge in [-0.2, -0.15) is 0 Å². The monoisotopic (exact) mass is 297 g/mol. The van der Waals surface area contributed by atoms with Crippen molar-refractivity contribution in [2.75, 3.05) is 40.3 Å².